The molecule has 1 aromatic heterocycles. The molecule has 3 heterocycles. The number of para-hydroxylation sites is 1. The quantitative estimate of drug-likeness (QED) is 0.489. The smallest absolute Gasteiger partial charge is 0.308 e. The second-order valence-corrected chi connectivity index (χ2v) is 10.2. The van der Waals surface area contributed by atoms with Crippen molar-refractivity contribution in [3.8, 4) is 11.5 Å². The number of ether oxygens (including phenoxy) is 2. The summed E-state index contributed by atoms with van der Waals surface area (Å²) in [7, 11) is 3.04. The van der Waals surface area contributed by atoms with Crippen molar-refractivity contribution >= 4 is 46.5 Å². The van der Waals surface area contributed by atoms with Crippen LogP contribution in [-0.2, 0) is 20.9 Å². The second kappa shape index (κ2) is 9.23. The standard InChI is InChI=1S/C24H21N3O6S2/c1-32-14-9-8-12(10-15(14)33-2)17-18-19(22(30)26-21(18)29)34-23-20(17)35-24(31)27(23)11-16(28)25-13-6-4-3-5-7-13/h3-10,17-19H,11H2,1-2H3,(H,25,28)(H,26,29,30)/t17-,18?,19?/m0/s1. The summed E-state index contributed by atoms with van der Waals surface area (Å²) in [5, 5.41) is 5.01. The molecule has 11 heteroatoms. The molecule has 9 nitrogen and oxygen atoms in total. The predicted molar refractivity (Wildman–Crippen MR) is 131 cm³/mol. The van der Waals surface area contributed by atoms with Crippen LogP contribution in [0.2, 0.25) is 0 Å². The molecule has 2 aliphatic heterocycles. The van der Waals surface area contributed by atoms with Crippen molar-refractivity contribution in [1.82, 2.24) is 9.88 Å². The third kappa shape index (κ3) is 4.10. The second-order valence-electron chi connectivity index (χ2n) is 8.05. The highest BCUT2D eigenvalue weighted by molar-refractivity contribution is 8.00. The number of hydrogen-bond acceptors (Lipinski definition) is 8. The maximum absolute atomic E-state index is 13.0. The summed E-state index contributed by atoms with van der Waals surface area (Å²) >= 11 is 2.14. The van der Waals surface area contributed by atoms with Crippen molar-refractivity contribution in [2.24, 2.45) is 5.92 Å². The van der Waals surface area contributed by atoms with Crippen LogP contribution in [0.15, 0.2) is 58.4 Å². The Morgan fingerprint density at radius 3 is 2.49 bits per heavy atom. The van der Waals surface area contributed by atoms with Gasteiger partial charge >= 0.3 is 4.87 Å². The molecular formula is C24H21N3O6S2. The number of carbonyl (C=O) groups is 3. The molecule has 3 aromatic rings. The minimum atomic E-state index is -0.717. The van der Waals surface area contributed by atoms with E-state index in [2.05, 4.69) is 10.6 Å². The van der Waals surface area contributed by atoms with Crippen LogP contribution in [0.5, 0.6) is 11.5 Å². The Bertz CT molecular complexity index is 1380. The zero-order valence-corrected chi connectivity index (χ0v) is 20.4. The van der Waals surface area contributed by atoms with Gasteiger partial charge in [-0.05, 0) is 29.8 Å². The number of thioether (sulfide) groups is 1. The minimum Gasteiger partial charge on any atom is -0.493 e. The van der Waals surface area contributed by atoms with E-state index in [0.29, 0.717) is 32.7 Å². The number of amides is 3. The zero-order valence-electron chi connectivity index (χ0n) is 18.8. The monoisotopic (exact) mass is 511 g/mol. The topological polar surface area (TPSA) is 116 Å². The average molecular weight is 512 g/mol. The average Bonchev–Trinajstić information content (AvgIpc) is 3.32. The Balaban J connectivity index is 1.57. The number of nitrogens with zero attached hydrogens (tertiary/aromatic N) is 1. The highest BCUT2D eigenvalue weighted by Gasteiger charge is 2.53. The molecule has 2 unspecified atom stereocenters. The molecule has 0 saturated carbocycles. The number of fused-ring (bicyclic) bond motifs is 2. The molecule has 0 bridgehead atoms. The Labute approximate surface area is 208 Å². The number of nitrogens with one attached hydrogen (secondary N) is 2. The first-order valence-electron chi connectivity index (χ1n) is 10.7. The number of hydrogen-bond donors (Lipinski definition) is 2. The SMILES string of the molecule is COc1ccc([C@@H]2c3sc(=O)n(CC(=O)Nc4ccccc4)c3SC3C(=O)NC(=O)C32)cc1OC. The third-order valence-electron chi connectivity index (χ3n) is 6.01. The number of benzene rings is 2. The number of methoxy groups -OCH3 is 2. The molecular weight excluding hydrogens is 490 g/mol. The summed E-state index contributed by atoms with van der Waals surface area (Å²) < 4.78 is 12.1. The number of anilines is 1. The number of imide groups is 1. The van der Waals surface area contributed by atoms with Gasteiger partial charge in [0.25, 0.3) is 0 Å². The summed E-state index contributed by atoms with van der Waals surface area (Å²) in [4.78, 5) is 51.5. The lowest BCUT2D eigenvalue weighted by Crippen LogP contribution is -2.32. The number of carbonyl (C=O) groups excluding carboxylic acids is 3. The molecule has 1 saturated heterocycles. The fourth-order valence-electron chi connectivity index (χ4n) is 4.45. The van der Waals surface area contributed by atoms with Crippen molar-refractivity contribution in [3.63, 3.8) is 0 Å². The van der Waals surface area contributed by atoms with E-state index >= 15 is 0 Å². The first-order valence-corrected chi connectivity index (χ1v) is 12.4. The first kappa shape index (κ1) is 23.2. The van der Waals surface area contributed by atoms with Crippen molar-refractivity contribution in [1.29, 1.82) is 0 Å². The predicted octanol–water partition coefficient (Wildman–Crippen LogP) is 2.44. The van der Waals surface area contributed by atoms with E-state index in [-0.39, 0.29) is 23.2 Å². The van der Waals surface area contributed by atoms with Gasteiger partial charge in [-0.3, -0.25) is 29.1 Å². The molecule has 0 aliphatic carbocycles. The Hall–Kier alpha value is -3.57. The van der Waals surface area contributed by atoms with Crippen molar-refractivity contribution < 1.29 is 23.9 Å². The molecule has 3 atom stereocenters. The van der Waals surface area contributed by atoms with Gasteiger partial charge in [-0.2, -0.15) is 0 Å². The third-order valence-corrected chi connectivity index (χ3v) is 8.63. The van der Waals surface area contributed by atoms with Crippen LogP contribution < -0.4 is 25.0 Å². The van der Waals surface area contributed by atoms with E-state index in [1.807, 2.05) is 6.07 Å². The largest absolute Gasteiger partial charge is 0.493 e. The van der Waals surface area contributed by atoms with E-state index in [1.54, 1.807) is 42.5 Å². The summed E-state index contributed by atoms with van der Waals surface area (Å²) in [5.41, 5.74) is 1.33. The van der Waals surface area contributed by atoms with Gasteiger partial charge in [0.1, 0.15) is 11.8 Å². The molecule has 3 amide bonds. The fourth-order valence-corrected chi connectivity index (χ4v) is 7.19. The summed E-state index contributed by atoms with van der Waals surface area (Å²) in [6.45, 7) is -0.210. The summed E-state index contributed by atoms with van der Waals surface area (Å²) in [6, 6.07) is 14.2. The molecule has 0 spiro atoms. The maximum Gasteiger partial charge on any atom is 0.308 e. The lowest BCUT2D eigenvalue weighted by atomic mass is 9.83. The molecule has 5 rings (SSSR count). The van der Waals surface area contributed by atoms with E-state index < -0.39 is 23.0 Å². The number of aromatic nitrogens is 1. The molecule has 180 valence electrons. The van der Waals surface area contributed by atoms with Crippen LogP contribution in [0.4, 0.5) is 5.69 Å². The lowest BCUT2D eigenvalue weighted by Gasteiger charge is -2.31. The minimum absolute atomic E-state index is 0.210. The van der Waals surface area contributed by atoms with Gasteiger partial charge < -0.3 is 14.8 Å². The van der Waals surface area contributed by atoms with Gasteiger partial charge in [-0.1, -0.05) is 47.4 Å². The van der Waals surface area contributed by atoms with E-state index in [0.717, 1.165) is 23.1 Å². The highest BCUT2D eigenvalue weighted by atomic mass is 32.2. The van der Waals surface area contributed by atoms with Gasteiger partial charge in [0.2, 0.25) is 17.7 Å². The lowest BCUT2D eigenvalue weighted by molar-refractivity contribution is -0.126. The van der Waals surface area contributed by atoms with Crippen LogP contribution in [0.25, 0.3) is 0 Å². The maximum atomic E-state index is 13.0. The number of rotatable bonds is 6. The van der Waals surface area contributed by atoms with Crippen LogP contribution in [0.1, 0.15) is 16.4 Å². The Morgan fingerprint density at radius 1 is 1.03 bits per heavy atom. The Kier molecular flexibility index (Phi) is 6.12. The Morgan fingerprint density at radius 2 is 1.77 bits per heavy atom. The molecule has 35 heavy (non-hydrogen) atoms. The molecule has 2 aliphatic rings. The van der Waals surface area contributed by atoms with Gasteiger partial charge in [0.15, 0.2) is 11.5 Å². The van der Waals surface area contributed by atoms with Gasteiger partial charge in [0.05, 0.1) is 25.2 Å². The van der Waals surface area contributed by atoms with Gasteiger partial charge in [-0.15, -0.1) is 0 Å². The van der Waals surface area contributed by atoms with Crippen molar-refractivity contribution in [2.75, 3.05) is 19.5 Å². The van der Waals surface area contributed by atoms with Crippen molar-refractivity contribution in [3.05, 3.63) is 68.6 Å². The first-order chi connectivity index (χ1) is 16.9. The van der Waals surface area contributed by atoms with E-state index in [1.165, 1.54) is 18.8 Å². The van der Waals surface area contributed by atoms with E-state index in [4.69, 9.17) is 9.47 Å². The molecule has 2 N–H and O–H groups in total. The number of thiazole rings is 1. The molecule has 2 aromatic carbocycles. The summed E-state index contributed by atoms with van der Waals surface area (Å²) in [5.74, 6) is -1.40. The zero-order chi connectivity index (χ0) is 24.7. The van der Waals surface area contributed by atoms with Crippen LogP contribution in [0, 0.1) is 5.92 Å². The van der Waals surface area contributed by atoms with Crippen LogP contribution in [0.3, 0.4) is 0 Å². The highest BCUT2D eigenvalue weighted by Crippen LogP contribution is 2.52. The molecule has 0 radical (unpaired) electrons. The van der Waals surface area contributed by atoms with Gasteiger partial charge in [0, 0.05) is 16.5 Å². The fraction of sp³-hybridized carbons (Fsp3) is 0.250. The van der Waals surface area contributed by atoms with Gasteiger partial charge in [-0.25, -0.2) is 0 Å². The van der Waals surface area contributed by atoms with Crippen LogP contribution in [-0.4, -0.2) is 41.8 Å². The normalized spacial score (nSPS) is 20.6. The summed E-state index contributed by atoms with van der Waals surface area (Å²) in [6.07, 6.45) is 0. The van der Waals surface area contributed by atoms with E-state index in [9.17, 15) is 19.2 Å². The van der Waals surface area contributed by atoms with Crippen LogP contribution >= 0.6 is 23.1 Å². The molecule has 1 fully saturated rings. The van der Waals surface area contributed by atoms with Crippen molar-refractivity contribution in [2.45, 2.75) is 22.7 Å².